The van der Waals surface area contributed by atoms with E-state index in [0.717, 1.165) is 25.8 Å². The average molecular weight is 1280 g/mol. The van der Waals surface area contributed by atoms with Crippen molar-refractivity contribution in [3.8, 4) is 33.9 Å². The summed E-state index contributed by atoms with van der Waals surface area (Å²) in [4.78, 5) is 0. The molecule has 390 valence electrons. The van der Waals surface area contributed by atoms with Gasteiger partial charge in [-0.15, -0.1) is 0 Å². The average Bonchev–Trinajstić information content (AvgIpc) is 4.31. The second kappa shape index (κ2) is 21.2. The summed E-state index contributed by atoms with van der Waals surface area (Å²) < 4.78 is 25.6. The largest absolute Gasteiger partial charge is 0.494 e. The van der Waals surface area contributed by atoms with Crippen molar-refractivity contribution in [1.29, 1.82) is 0 Å². The predicted molar refractivity (Wildman–Crippen MR) is 351 cm³/mol. The Bertz CT molecular complexity index is 4560. The van der Waals surface area contributed by atoms with Gasteiger partial charge in [-0.3, -0.25) is 0 Å². The van der Waals surface area contributed by atoms with Crippen LogP contribution in [0.25, 0.3) is 99.3 Å². The number of para-hydroxylation sites is 4. The first-order valence-electron chi connectivity index (χ1n) is 26.8. The van der Waals surface area contributed by atoms with E-state index in [1.807, 2.05) is 12.1 Å². The Morgan fingerprint density at radius 1 is 0.362 bits per heavy atom. The van der Waals surface area contributed by atoms with Crippen LogP contribution in [0, 0.1) is 3.57 Å². The van der Waals surface area contributed by atoms with Crippen LogP contribution in [0.1, 0.15) is 27.7 Å². The summed E-state index contributed by atoms with van der Waals surface area (Å²) in [6.45, 7) is 8.39. The van der Waals surface area contributed by atoms with Crippen molar-refractivity contribution in [3.63, 3.8) is 0 Å². The number of hydrogen-bond donors (Lipinski definition) is 0. The molecule has 0 amide bonds. The molecule has 10 aromatic carbocycles. The molecule has 80 heavy (non-hydrogen) atoms. The maximum Gasteiger partial charge on any atom is 0.494 e. The molecule has 0 spiro atoms. The molecule has 0 radical (unpaired) electrons. The monoisotopic (exact) mass is 1280 g/mol. The molecule has 6 nitrogen and oxygen atoms in total. The smallest absolute Gasteiger partial charge is 0.399 e. The maximum absolute atomic E-state index is 6.39. The van der Waals surface area contributed by atoms with Gasteiger partial charge in [0, 0.05) is 80.0 Å². The van der Waals surface area contributed by atoms with Crippen molar-refractivity contribution < 1.29 is 9.31 Å². The molecule has 1 saturated heterocycles. The Morgan fingerprint density at radius 2 is 0.787 bits per heavy atom. The minimum atomic E-state index is -0.396. The lowest BCUT2D eigenvalue weighted by Crippen LogP contribution is -2.41. The third-order valence-corrected chi connectivity index (χ3v) is 17.4. The molecule has 1 aliphatic heterocycles. The summed E-state index contributed by atoms with van der Waals surface area (Å²) in [5, 5.41) is 7.40. The fourth-order valence-corrected chi connectivity index (χ4v) is 13.0. The van der Waals surface area contributed by atoms with E-state index in [4.69, 9.17) is 9.31 Å². The molecule has 1 aliphatic rings. The third kappa shape index (κ3) is 9.50. The van der Waals surface area contributed by atoms with Crippen LogP contribution in [0.4, 0.5) is 0 Å². The molecule has 0 saturated carbocycles. The first-order chi connectivity index (χ1) is 38.9. The van der Waals surface area contributed by atoms with Gasteiger partial charge < -0.3 is 27.6 Å². The van der Waals surface area contributed by atoms with Crippen molar-refractivity contribution in [2.45, 2.75) is 38.9 Å². The summed E-state index contributed by atoms with van der Waals surface area (Å²) in [6.07, 6.45) is 4.35. The van der Waals surface area contributed by atoms with Gasteiger partial charge in [0.25, 0.3) is 0 Å². The number of rotatable bonds is 6. The lowest BCUT2D eigenvalue weighted by atomic mass is 9.78. The third-order valence-electron chi connectivity index (χ3n) is 15.8. The molecule has 0 aliphatic carbocycles. The first kappa shape index (κ1) is 52.0. The molecule has 14 aromatic rings. The Balaban J connectivity index is 0.000000133. The zero-order chi connectivity index (χ0) is 54.7. The molecule has 10 heteroatoms. The highest BCUT2D eigenvalue weighted by molar-refractivity contribution is 14.1. The van der Waals surface area contributed by atoms with Crippen LogP contribution in [-0.4, -0.2) is 36.6 Å². The van der Waals surface area contributed by atoms with Crippen LogP contribution in [0.15, 0.2) is 264 Å². The van der Waals surface area contributed by atoms with E-state index < -0.39 is 7.12 Å². The first-order valence-corrected chi connectivity index (χ1v) is 29.5. The molecule has 0 unspecified atom stereocenters. The van der Waals surface area contributed by atoms with Crippen molar-refractivity contribution in [3.05, 3.63) is 268 Å². The Kier molecular flexibility index (Phi) is 13.8. The van der Waals surface area contributed by atoms with E-state index in [1.54, 1.807) is 0 Å². The Hall–Kier alpha value is -7.45. The van der Waals surface area contributed by atoms with Gasteiger partial charge in [0.05, 0.1) is 44.3 Å². The highest BCUT2D eigenvalue weighted by Gasteiger charge is 2.51. The van der Waals surface area contributed by atoms with E-state index >= 15 is 0 Å². The molecule has 4 aromatic heterocycles. The molecular formula is C70H54BBr2IN4O2. The minimum absolute atomic E-state index is 0.378. The van der Waals surface area contributed by atoms with E-state index in [-0.39, 0.29) is 11.2 Å². The second-order valence-corrected chi connectivity index (χ2v) is 24.3. The molecule has 1 fully saturated rings. The lowest BCUT2D eigenvalue weighted by molar-refractivity contribution is 0.00578. The molecule has 15 rings (SSSR count). The van der Waals surface area contributed by atoms with Crippen LogP contribution in [0.2, 0.25) is 0 Å². The highest BCUT2D eigenvalue weighted by Crippen LogP contribution is 2.42. The summed E-state index contributed by atoms with van der Waals surface area (Å²) in [5.74, 6) is 0. The lowest BCUT2D eigenvalue weighted by Gasteiger charge is -2.32. The Labute approximate surface area is 496 Å². The predicted octanol–water partition coefficient (Wildman–Crippen LogP) is 19.2. The van der Waals surface area contributed by atoms with Crippen LogP contribution in [0.5, 0.6) is 0 Å². The van der Waals surface area contributed by atoms with E-state index in [1.165, 1.54) is 91.5 Å². The molecule has 0 N–H and O–H groups in total. The number of aromatic nitrogens is 4. The maximum atomic E-state index is 6.39. The van der Waals surface area contributed by atoms with Gasteiger partial charge in [0.2, 0.25) is 0 Å². The fourth-order valence-electron chi connectivity index (χ4n) is 11.2. The SMILES string of the molecule is Brc1cccc(-c2ccc3c(c2)c2ccc4c(ccn4-c4ccccc4)c2n3-c2ccccc2)c1.Brc1cccc(I)c1.CC1(C)OB(c2ccc3c(c2)c2ccc4c(ccn4-c4ccccc4)c2n3-c2ccccc2)OC1(C)C. The summed E-state index contributed by atoms with van der Waals surface area (Å²) in [6, 6.07) is 85.9. The van der Waals surface area contributed by atoms with Gasteiger partial charge >= 0.3 is 7.12 Å². The normalized spacial score (nSPS) is 13.8. The van der Waals surface area contributed by atoms with Crippen LogP contribution in [0.3, 0.4) is 0 Å². The van der Waals surface area contributed by atoms with Crippen LogP contribution >= 0.6 is 54.5 Å². The molecule has 0 bridgehead atoms. The molecular weight excluding hydrogens is 1230 g/mol. The highest BCUT2D eigenvalue weighted by atomic mass is 127. The quantitative estimate of drug-likeness (QED) is 0.123. The van der Waals surface area contributed by atoms with Crippen LogP contribution in [-0.2, 0) is 9.31 Å². The second-order valence-electron chi connectivity index (χ2n) is 21.2. The standard InChI is InChI=1S/C32H29BN2O2.C32H21BrN2.C6H4BrI/c1-31(2)32(3,4)37-33(36-31)22-15-17-29-27(21-22)25-16-18-28-26(19-20-34(28)23-11-7-5-8-12-23)30(25)35(29)24-13-9-6-10-14-24;33-24-9-7-8-22(20-24)23-14-16-31-29(21-23)27-15-17-30-28(18-19-34(30)25-10-3-1-4-11-25)32(27)35(31)26-12-5-2-6-13-26;7-5-2-1-3-6(8)4-5/h5-21H,1-4H3;1-21H;1-4H. The van der Waals surface area contributed by atoms with Crippen molar-refractivity contribution in [2.75, 3.05) is 0 Å². The zero-order valence-electron chi connectivity index (χ0n) is 44.6. The summed E-state index contributed by atoms with van der Waals surface area (Å²) in [5.41, 5.74) is 14.6. The van der Waals surface area contributed by atoms with Gasteiger partial charge in [-0.25, -0.2) is 0 Å². The van der Waals surface area contributed by atoms with Crippen molar-refractivity contribution in [2.24, 2.45) is 0 Å². The van der Waals surface area contributed by atoms with Crippen molar-refractivity contribution in [1.82, 2.24) is 18.3 Å². The van der Waals surface area contributed by atoms with Gasteiger partial charge in [-0.1, -0.05) is 153 Å². The summed E-state index contributed by atoms with van der Waals surface area (Å²) >= 11 is 9.26. The Morgan fingerprint density at radius 3 is 1.25 bits per heavy atom. The molecule has 5 heterocycles. The molecule has 0 atom stereocenters. The number of fused-ring (bicyclic) bond motifs is 10. The minimum Gasteiger partial charge on any atom is -0.399 e. The number of nitrogens with zero attached hydrogens (tertiary/aromatic N) is 4. The number of hydrogen-bond acceptors (Lipinski definition) is 2. The van der Waals surface area contributed by atoms with E-state index in [2.05, 4.69) is 343 Å². The van der Waals surface area contributed by atoms with Gasteiger partial charge in [-0.05, 0) is 188 Å². The van der Waals surface area contributed by atoms with Gasteiger partial charge in [0.1, 0.15) is 0 Å². The zero-order valence-corrected chi connectivity index (χ0v) is 49.9. The van der Waals surface area contributed by atoms with Gasteiger partial charge in [-0.2, -0.15) is 0 Å². The number of benzene rings is 10. The van der Waals surface area contributed by atoms with E-state index in [0.29, 0.717) is 0 Å². The summed E-state index contributed by atoms with van der Waals surface area (Å²) in [7, 11) is -0.396. The van der Waals surface area contributed by atoms with Crippen LogP contribution < -0.4 is 5.46 Å². The number of halogens is 3. The van der Waals surface area contributed by atoms with Gasteiger partial charge in [0.15, 0.2) is 0 Å². The fraction of sp³-hybridized carbons (Fsp3) is 0.0857. The van der Waals surface area contributed by atoms with Crippen molar-refractivity contribution >= 4 is 132 Å². The van der Waals surface area contributed by atoms with E-state index in [9.17, 15) is 0 Å². The topological polar surface area (TPSA) is 38.2 Å².